The van der Waals surface area contributed by atoms with Gasteiger partial charge in [-0.15, -0.1) is 0 Å². The zero-order valence-electron chi connectivity index (χ0n) is 11.3. The van der Waals surface area contributed by atoms with Gasteiger partial charge in [-0.2, -0.15) is 5.26 Å². The van der Waals surface area contributed by atoms with Gasteiger partial charge in [0.25, 0.3) is 0 Å². The number of hydrogen-bond acceptors (Lipinski definition) is 4. The third-order valence-electron chi connectivity index (χ3n) is 2.70. The van der Waals surface area contributed by atoms with Gasteiger partial charge in [0.15, 0.2) is 0 Å². The molecule has 0 spiro atoms. The van der Waals surface area contributed by atoms with Crippen LogP contribution >= 0.6 is 0 Å². The molecule has 1 N–H and O–H groups in total. The van der Waals surface area contributed by atoms with Gasteiger partial charge in [0.05, 0.1) is 25.2 Å². The van der Waals surface area contributed by atoms with Crippen LogP contribution in [0, 0.1) is 16.7 Å². The molecule has 0 atom stereocenters. The quantitative estimate of drug-likeness (QED) is 0.853. The monoisotopic (exact) mass is 263 g/mol. The molecule has 1 aromatic carbocycles. The second-order valence-corrected chi connectivity index (χ2v) is 4.76. The van der Waals surface area contributed by atoms with E-state index in [4.69, 9.17) is 19.8 Å². The topological polar surface area (TPSA) is 79.5 Å². The van der Waals surface area contributed by atoms with Crippen molar-refractivity contribution < 1.29 is 19.4 Å². The molecule has 0 radical (unpaired) electrons. The van der Waals surface area contributed by atoms with Crippen molar-refractivity contribution in [3.8, 4) is 17.6 Å². The maximum atomic E-state index is 11.1. The minimum Gasteiger partial charge on any atom is -0.497 e. The van der Waals surface area contributed by atoms with Gasteiger partial charge in [0.2, 0.25) is 0 Å². The van der Waals surface area contributed by atoms with Crippen LogP contribution in [0.1, 0.15) is 30.6 Å². The molecule has 19 heavy (non-hydrogen) atoms. The van der Waals surface area contributed by atoms with E-state index in [2.05, 4.69) is 6.07 Å². The predicted molar refractivity (Wildman–Crippen MR) is 69.5 cm³/mol. The Balaban J connectivity index is 2.79. The Hall–Kier alpha value is -2.22. The standard InChI is InChI=1S/C14H17NO4/c1-14(2,9-15)6-7-19-12-5-4-10(18-3)8-11(12)13(16)17/h4-5,8H,6-7H2,1-3H3,(H,16,17). The highest BCUT2D eigenvalue weighted by Crippen LogP contribution is 2.25. The lowest BCUT2D eigenvalue weighted by Crippen LogP contribution is -2.14. The zero-order chi connectivity index (χ0) is 14.5. The summed E-state index contributed by atoms with van der Waals surface area (Å²) in [6.45, 7) is 3.90. The van der Waals surface area contributed by atoms with Gasteiger partial charge < -0.3 is 14.6 Å². The van der Waals surface area contributed by atoms with Crippen LogP contribution < -0.4 is 9.47 Å². The minimum atomic E-state index is -1.08. The van der Waals surface area contributed by atoms with Crippen molar-refractivity contribution >= 4 is 5.97 Å². The average Bonchev–Trinajstić information content (AvgIpc) is 2.38. The first-order valence-electron chi connectivity index (χ1n) is 5.85. The smallest absolute Gasteiger partial charge is 0.339 e. The Morgan fingerprint density at radius 1 is 1.47 bits per heavy atom. The van der Waals surface area contributed by atoms with Crippen LogP contribution in [-0.4, -0.2) is 24.8 Å². The molecule has 5 nitrogen and oxygen atoms in total. The van der Waals surface area contributed by atoms with Crippen LogP contribution in [0.3, 0.4) is 0 Å². The molecule has 102 valence electrons. The number of carbonyl (C=O) groups is 1. The SMILES string of the molecule is COc1ccc(OCCC(C)(C)C#N)c(C(=O)O)c1. The number of nitriles is 1. The number of ether oxygens (including phenoxy) is 2. The first-order valence-corrected chi connectivity index (χ1v) is 5.85. The van der Waals surface area contributed by atoms with E-state index in [1.165, 1.54) is 13.2 Å². The van der Waals surface area contributed by atoms with Crippen molar-refractivity contribution in [1.29, 1.82) is 5.26 Å². The number of nitrogens with zero attached hydrogens (tertiary/aromatic N) is 1. The summed E-state index contributed by atoms with van der Waals surface area (Å²) in [5, 5.41) is 18.0. The van der Waals surface area contributed by atoms with E-state index in [0.717, 1.165) is 0 Å². The second-order valence-electron chi connectivity index (χ2n) is 4.76. The van der Waals surface area contributed by atoms with Crippen LogP contribution in [0.2, 0.25) is 0 Å². The van der Waals surface area contributed by atoms with E-state index in [-0.39, 0.29) is 17.9 Å². The molecule has 1 aromatic rings. The highest BCUT2D eigenvalue weighted by Gasteiger charge is 2.18. The van der Waals surface area contributed by atoms with Crippen LogP contribution in [-0.2, 0) is 0 Å². The van der Waals surface area contributed by atoms with E-state index in [1.54, 1.807) is 12.1 Å². The third-order valence-corrected chi connectivity index (χ3v) is 2.70. The highest BCUT2D eigenvalue weighted by molar-refractivity contribution is 5.91. The fourth-order valence-corrected chi connectivity index (χ4v) is 1.40. The van der Waals surface area contributed by atoms with Crippen molar-refractivity contribution in [3.05, 3.63) is 23.8 Å². The Kier molecular flexibility index (Phi) is 4.76. The first-order chi connectivity index (χ1) is 8.89. The van der Waals surface area contributed by atoms with Gasteiger partial charge in [-0.3, -0.25) is 0 Å². The molecule has 0 saturated heterocycles. The Morgan fingerprint density at radius 3 is 2.68 bits per heavy atom. The molecular formula is C14H17NO4. The van der Waals surface area contributed by atoms with E-state index < -0.39 is 11.4 Å². The average molecular weight is 263 g/mol. The number of carboxylic acids is 1. The third kappa shape index (κ3) is 4.18. The summed E-state index contributed by atoms with van der Waals surface area (Å²) in [7, 11) is 1.47. The molecule has 0 aliphatic carbocycles. The van der Waals surface area contributed by atoms with Crippen molar-refractivity contribution in [3.63, 3.8) is 0 Å². The maximum absolute atomic E-state index is 11.1. The maximum Gasteiger partial charge on any atom is 0.339 e. The molecule has 0 aliphatic rings. The Labute approximate surface area is 112 Å². The number of carboxylic acid groups (broad SMARTS) is 1. The van der Waals surface area contributed by atoms with Crippen LogP contribution in [0.5, 0.6) is 11.5 Å². The molecular weight excluding hydrogens is 246 g/mol. The van der Waals surface area contributed by atoms with Crippen LogP contribution in [0.4, 0.5) is 0 Å². The number of benzene rings is 1. The van der Waals surface area contributed by atoms with Gasteiger partial charge >= 0.3 is 5.97 Å². The normalized spacial score (nSPS) is 10.6. The lowest BCUT2D eigenvalue weighted by molar-refractivity contribution is 0.0691. The summed E-state index contributed by atoms with van der Waals surface area (Å²) in [6, 6.07) is 6.77. The summed E-state index contributed by atoms with van der Waals surface area (Å²) in [5.41, 5.74) is -0.440. The Bertz CT molecular complexity index is 503. The van der Waals surface area contributed by atoms with Crippen LogP contribution in [0.15, 0.2) is 18.2 Å². The molecule has 0 aromatic heterocycles. The van der Waals surface area contributed by atoms with Crippen LogP contribution in [0.25, 0.3) is 0 Å². The van der Waals surface area contributed by atoms with Gasteiger partial charge in [-0.1, -0.05) is 0 Å². The minimum absolute atomic E-state index is 0.0501. The molecule has 0 amide bonds. The van der Waals surface area contributed by atoms with Gasteiger partial charge in [-0.05, 0) is 38.5 Å². The van der Waals surface area contributed by atoms with E-state index in [0.29, 0.717) is 12.2 Å². The van der Waals surface area contributed by atoms with Gasteiger partial charge in [0.1, 0.15) is 17.1 Å². The second kappa shape index (κ2) is 6.10. The number of rotatable bonds is 6. The summed E-state index contributed by atoms with van der Waals surface area (Å²) in [4.78, 5) is 11.1. The lowest BCUT2D eigenvalue weighted by atomic mass is 9.92. The molecule has 0 aliphatic heterocycles. The van der Waals surface area contributed by atoms with Crippen molar-refractivity contribution in [1.82, 2.24) is 0 Å². The zero-order valence-corrected chi connectivity index (χ0v) is 11.3. The predicted octanol–water partition coefficient (Wildman–Crippen LogP) is 2.71. The molecule has 0 unspecified atom stereocenters. The van der Waals surface area contributed by atoms with E-state index in [1.807, 2.05) is 13.8 Å². The fourth-order valence-electron chi connectivity index (χ4n) is 1.40. The lowest BCUT2D eigenvalue weighted by Gasteiger charge is -2.16. The Morgan fingerprint density at radius 2 is 2.16 bits per heavy atom. The fraction of sp³-hybridized carbons (Fsp3) is 0.429. The summed E-state index contributed by atoms with van der Waals surface area (Å²) in [6.07, 6.45) is 0.522. The number of hydrogen-bond donors (Lipinski definition) is 1. The van der Waals surface area contributed by atoms with Gasteiger partial charge in [0, 0.05) is 0 Å². The molecule has 0 saturated carbocycles. The molecule has 0 heterocycles. The first kappa shape index (κ1) is 14.8. The van der Waals surface area contributed by atoms with Crippen molar-refractivity contribution in [2.75, 3.05) is 13.7 Å². The van der Waals surface area contributed by atoms with E-state index >= 15 is 0 Å². The van der Waals surface area contributed by atoms with Crippen molar-refractivity contribution in [2.45, 2.75) is 20.3 Å². The summed E-state index contributed by atoms with van der Waals surface area (Å²) in [5.74, 6) is -0.336. The number of methoxy groups -OCH3 is 1. The highest BCUT2D eigenvalue weighted by atomic mass is 16.5. The summed E-state index contributed by atoms with van der Waals surface area (Å²) < 4.78 is 10.4. The number of aromatic carboxylic acids is 1. The summed E-state index contributed by atoms with van der Waals surface area (Å²) >= 11 is 0. The molecule has 0 fully saturated rings. The largest absolute Gasteiger partial charge is 0.497 e. The van der Waals surface area contributed by atoms with Crippen molar-refractivity contribution in [2.24, 2.45) is 5.41 Å². The molecule has 0 bridgehead atoms. The molecule has 5 heteroatoms. The van der Waals surface area contributed by atoms with E-state index in [9.17, 15) is 4.79 Å². The molecule has 1 rings (SSSR count). The van der Waals surface area contributed by atoms with Gasteiger partial charge in [-0.25, -0.2) is 4.79 Å².